The van der Waals surface area contributed by atoms with Crippen LogP contribution >= 0.6 is 0 Å². The number of para-hydroxylation sites is 1. The van der Waals surface area contributed by atoms with Gasteiger partial charge in [-0.1, -0.05) is 12.1 Å². The van der Waals surface area contributed by atoms with Crippen molar-refractivity contribution in [3.63, 3.8) is 0 Å². The molecule has 0 bridgehead atoms. The highest BCUT2D eigenvalue weighted by Crippen LogP contribution is 2.17. The van der Waals surface area contributed by atoms with Crippen molar-refractivity contribution in [1.29, 1.82) is 0 Å². The summed E-state index contributed by atoms with van der Waals surface area (Å²) in [5.41, 5.74) is 0.888. The number of anilines is 1. The van der Waals surface area contributed by atoms with Crippen LogP contribution in [0.15, 0.2) is 36.4 Å². The summed E-state index contributed by atoms with van der Waals surface area (Å²) in [5.74, 6) is -0.990. The largest absolute Gasteiger partial charge is 0.463 e. The minimum Gasteiger partial charge on any atom is -0.463 e. The number of hydrogen-bond acceptors (Lipinski definition) is 4. The zero-order chi connectivity index (χ0) is 14.3. The molecule has 19 heavy (non-hydrogen) atoms. The maximum Gasteiger partial charge on any atom is 0.330 e. The van der Waals surface area contributed by atoms with Gasteiger partial charge in [-0.2, -0.15) is 0 Å². The number of aldehydes is 1. The number of carbonyl (C=O) groups excluding carboxylic acids is 3. The lowest BCUT2D eigenvalue weighted by Crippen LogP contribution is -2.25. The summed E-state index contributed by atoms with van der Waals surface area (Å²) in [6.07, 6.45) is 2.85. The van der Waals surface area contributed by atoms with E-state index in [-0.39, 0.29) is 6.61 Å². The van der Waals surface area contributed by atoms with Crippen LogP contribution < -0.4 is 4.90 Å². The monoisotopic (exact) mass is 261 g/mol. The number of amides is 1. The van der Waals surface area contributed by atoms with Crippen molar-refractivity contribution in [2.45, 2.75) is 6.92 Å². The Morgan fingerprint density at radius 2 is 1.95 bits per heavy atom. The molecule has 1 rings (SSSR count). The van der Waals surface area contributed by atoms with E-state index in [2.05, 4.69) is 4.74 Å². The third-order valence-corrected chi connectivity index (χ3v) is 2.40. The molecule has 0 aliphatic carbocycles. The van der Waals surface area contributed by atoms with Crippen molar-refractivity contribution < 1.29 is 19.1 Å². The SMILES string of the molecule is CCOC(=O)/C=C/C(=O)N(C)c1ccccc1C=O. The van der Waals surface area contributed by atoms with E-state index in [1.54, 1.807) is 31.2 Å². The molecule has 0 heterocycles. The molecule has 5 nitrogen and oxygen atoms in total. The van der Waals surface area contributed by atoms with Crippen molar-refractivity contribution >= 4 is 23.9 Å². The fourth-order valence-electron chi connectivity index (χ4n) is 1.45. The van der Waals surface area contributed by atoms with E-state index in [1.807, 2.05) is 0 Å². The standard InChI is InChI=1S/C14H15NO4/c1-3-19-14(18)9-8-13(17)15(2)12-7-5-4-6-11(12)10-16/h4-10H,3H2,1-2H3/b9-8+. The second-order valence-electron chi connectivity index (χ2n) is 3.66. The van der Waals surface area contributed by atoms with Crippen molar-refractivity contribution in [2.75, 3.05) is 18.6 Å². The number of carbonyl (C=O) groups is 3. The van der Waals surface area contributed by atoms with Crippen LogP contribution in [0.25, 0.3) is 0 Å². The molecule has 1 aromatic carbocycles. The molecule has 0 saturated carbocycles. The molecule has 0 fully saturated rings. The number of rotatable bonds is 5. The predicted octanol–water partition coefficient (Wildman–Crippen LogP) is 1.58. The van der Waals surface area contributed by atoms with Gasteiger partial charge in [0.2, 0.25) is 0 Å². The van der Waals surface area contributed by atoms with Gasteiger partial charge in [0.05, 0.1) is 12.3 Å². The molecule has 1 amide bonds. The van der Waals surface area contributed by atoms with Crippen molar-refractivity contribution in [3.05, 3.63) is 42.0 Å². The van der Waals surface area contributed by atoms with Crippen LogP contribution in [0.3, 0.4) is 0 Å². The van der Waals surface area contributed by atoms with Crippen LogP contribution in [0.2, 0.25) is 0 Å². The van der Waals surface area contributed by atoms with Crippen LogP contribution in [-0.2, 0) is 14.3 Å². The lowest BCUT2D eigenvalue weighted by atomic mass is 10.2. The lowest BCUT2D eigenvalue weighted by molar-refractivity contribution is -0.137. The van der Waals surface area contributed by atoms with Gasteiger partial charge >= 0.3 is 5.97 Å². The maximum atomic E-state index is 11.8. The third kappa shape index (κ3) is 4.06. The smallest absolute Gasteiger partial charge is 0.330 e. The molecule has 5 heteroatoms. The number of hydrogen-bond donors (Lipinski definition) is 0. The molecule has 0 aliphatic rings. The predicted molar refractivity (Wildman–Crippen MR) is 71.0 cm³/mol. The van der Waals surface area contributed by atoms with E-state index in [0.29, 0.717) is 17.5 Å². The lowest BCUT2D eigenvalue weighted by Gasteiger charge is -2.16. The summed E-state index contributed by atoms with van der Waals surface area (Å²) in [6, 6.07) is 6.70. The molecule has 0 aromatic heterocycles. The van der Waals surface area contributed by atoms with Gasteiger partial charge < -0.3 is 9.64 Å². The Bertz CT molecular complexity index is 508. The Balaban J connectivity index is 2.82. The summed E-state index contributed by atoms with van der Waals surface area (Å²) in [6.45, 7) is 1.93. The van der Waals surface area contributed by atoms with Gasteiger partial charge in [0.1, 0.15) is 0 Å². The van der Waals surface area contributed by atoms with Gasteiger partial charge in [-0.3, -0.25) is 9.59 Å². The zero-order valence-electron chi connectivity index (χ0n) is 10.8. The second-order valence-corrected chi connectivity index (χ2v) is 3.66. The zero-order valence-corrected chi connectivity index (χ0v) is 10.8. The molecule has 0 saturated heterocycles. The van der Waals surface area contributed by atoms with E-state index in [0.717, 1.165) is 12.2 Å². The van der Waals surface area contributed by atoms with Crippen molar-refractivity contribution in [2.24, 2.45) is 0 Å². The summed E-state index contributed by atoms with van der Waals surface area (Å²) in [7, 11) is 1.53. The first-order valence-electron chi connectivity index (χ1n) is 5.76. The number of likely N-dealkylation sites (N-methyl/N-ethyl adjacent to an activating group) is 1. The van der Waals surface area contributed by atoms with E-state index >= 15 is 0 Å². The number of ether oxygens (including phenoxy) is 1. The topological polar surface area (TPSA) is 63.7 Å². The van der Waals surface area contributed by atoms with Gasteiger partial charge in [0.15, 0.2) is 6.29 Å². The van der Waals surface area contributed by atoms with Gasteiger partial charge in [-0.25, -0.2) is 4.79 Å². The second kappa shape index (κ2) is 7.10. The quantitative estimate of drug-likeness (QED) is 0.458. The van der Waals surface area contributed by atoms with Crippen LogP contribution in [-0.4, -0.2) is 31.8 Å². The number of esters is 1. The average Bonchev–Trinajstić information content (AvgIpc) is 2.44. The molecule has 1 aromatic rings. The third-order valence-electron chi connectivity index (χ3n) is 2.40. The van der Waals surface area contributed by atoms with Gasteiger partial charge in [-0.05, 0) is 19.1 Å². The van der Waals surface area contributed by atoms with Gasteiger partial charge in [-0.15, -0.1) is 0 Å². The molecule has 0 aliphatic heterocycles. The Labute approximate surface area is 111 Å². The minimum atomic E-state index is -0.576. The van der Waals surface area contributed by atoms with Gasteiger partial charge in [0.25, 0.3) is 5.91 Å². The Morgan fingerprint density at radius 1 is 1.26 bits per heavy atom. The summed E-state index contributed by atoms with van der Waals surface area (Å²) in [5, 5.41) is 0. The first-order valence-corrected chi connectivity index (χ1v) is 5.76. The Hall–Kier alpha value is -2.43. The average molecular weight is 261 g/mol. The Kier molecular flexibility index (Phi) is 5.47. The normalized spacial score (nSPS) is 10.2. The molecular weight excluding hydrogens is 246 g/mol. The van der Waals surface area contributed by atoms with Gasteiger partial charge in [0, 0.05) is 24.8 Å². The maximum absolute atomic E-state index is 11.8. The molecule has 0 spiro atoms. The highest BCUT2D eigenvalue weighted by atomic mass is 16.5. The fraction of sp³-hybridized carbons (Fsp3) is 0.214. The summed E-state index contributed by atoms with van der Waals surface area (Å²) >= 11 is 0. The molecule has 0 radical (unpaired) electrons. The van der Waals surface area contributed by atoms with Crippen LogP contribution in [0.5, 0.6) is 0 Å². The highest BCUT2D eigenvalue weighted by molar-refractivity contribution is 6.06. The van der Waals surface area contributed by atoms with Crippen molar-refractivity contribution in [1.82, 2.24) is 0 Å². The summed E-state index contributed by atoms with van der Waals surface area (Å²) in [4.78, 5) is 35.1. The fourth-order valence-corrected chi connectivity index (χ4v) is 1.45. The van der Waals surface area contributed by atoms with E-state index < -0.39 is 11.9 Å². The van der Waals surface area contributed by atoms with E-state index in [4.69, 9.17) is 0 Å². The number of benzene rings is 1. The molecular formula is C14H15NO4. The molecule has 0 N–H and O–H groups in total. The van der Waals surface area contributed by atoms with Crippen molar-refractivity contribution in [3.8, 4) is 0 Å². The molecule has 0 atom stereocenters. The first-order chi connectivity index (χ1) is 9.10. The molecule has 0 unspecified atom stereocenters. The van der Waals surface area contributed by atoms with Crippen LogP contribution in [0.1, 0.15) is 17.3 Å². The Morgan fingerprint density at radius 3 is 2.58 bits per heavy atom. The van der Waals surface area contributed by atoms with E-state index in [9.17, 15) is 14.4 Å². The number of nitrogens with zero attached hydrogens (tertiary/aromatic N) is 1. The molecule has 100 valence electrons. The van der Waals surface area contributed by atoms with Crippen LogP contribution in [0, 0.1) is 0 Å². The summed E-state index contributed by atoms with van der Waals surface area (Å²) < 4.78 is 4.67. The van der Waals surface area contributed by atoms with E-state index in [1.165, 1.54) is 11.9 Å². The first kappa shape index (κ1) is 14.6. The minimum absolute atomic E-state index is 0.251. The van der Waals surface area contributed by atoms with Crippen LogP contribution in [0.4, 0.5) is 5.69 Å². The highest BCUT2D eigenvalue weighted by Gasteiger charge is 2.11.